The van der Waals surface area contributed by atoms with E-state index in [0.717, 1.165) is 11.1 Å². The van der Waals surface area contributed by atoms with Crippen LogP contribution >= 0.6 is 0 Å². The highest BCUT2D eigenvalue weighted by Crippen LogP contribution is 2.27. The molecule has 72 valence electrons. The second-order valence-electron chi connectivity index (χ2n) is 4.06. The lowest BCUT2D eigenvalue weighted by Gasteiger charge is -2.17. The van der Waals surface area contributed by atoms with Gasteiger partial charge in [0.05, 0.1) is 0 Å². The fraction of sp³-hybridized carbons (Fsp3) is 0.308. The molecular formula is C13H14O. The number of Topliss-reactive ketones (excluding diaryl/α,β-unsaturated/α-hetero) is 1. The molecule has 1 aromatic carbocycles. The smallest absolute Gasteiger partial charge is 0.167 e. The van der Waals surface area contributed by atoms with Crippen LogP contribution in [0.3, 0.4) is 0 Å². The van der Waals surface area contributed by atoms with E-state index in [-0.39, 0.29) is 5.78 Å². The summed E-state index contributed by atoms with van der Waals surface area (Å²) in [5.74, 6) is 0.721. The SMILES string of the molecule is CC(C)C1=Cc2ccccc2C(=O)C1. The highest BCUT2D eigenvalue weighted by atomic mass is 16.1. The standard InChI is InChI=1S/C13H14O/c1-9(2)11-7-10-5-3-4-6-12(10)13(14)8-11/h3-7,9H,8H2,1-2H3. The molecule has 0 fully saturated rings. The molecular weight excluding hydrogens is 172 g/mol. The van der Waals surface area contributed by atoms with Gasteiger partial charge in [-0.25, -0.2) is 0 Å². The van der Waals surface area contributed by atoms with E-state index in [4.69, 9.17) is 0 Å². The Balaban J connectivity index is 2.50. The van der Waals surface area contributed by atoms with Crippen molar-refractivity contribution >= 4 is 11.9 Å². The number of benzene rings is 1. The Morgan fingerprint density at radius 2 is 1.93 bits per heavy atom. The van der Waals surface area contributed by atoms with E-state index < -0.39 is 0 Å². The van der Waals surface area contributed by atoms with Crippen LogP contribution in [0.4, 0.5) is 0 Å². The molecule has 14 heavy (non-hydrogen) atoms. The average Bonchev–Trinajstić information content (AvgIpc) is 2.17. The van der Waals surface area contributed by atoms with Crippen molar-refractivity contribution in [2.75, 3.05) is 0 Å². The molecule has 0 atom stereocenters. The Morgan fingerprint density at radius 3 is 2.64 bits per heavy atom. The van der Waals surface area contributed by atoms with Crippen molar-refractivity contribution in [3.63, 3.8) is 0 Å². The normalized spacial score (nSPS) is 15.4. The molecule has 2 rings (SSSR count). The molecule has 1 aliphatic rings. The quantitative estimate of drug-likeness (QED) is 0.657. The van der Waals surface area contributed by atoms with Crippen LogP contribution in [0.25, 0.3) is 6.08 Å². The molecule has 1 heteroatoms. The lowest BCUT2D eigenvalue weighted by molar-refractivity contribution is 0.0989. The fourth-order valence-corrected chi connectivity index (χ4v) is 1.78. The first-order valence-corrected chi connectivity index (χ1v) is 5.01. The molecule has 0 spiro atoms. The topological polar surface area (TPSA) is 17.1 Å². The summed E-state index contributed by atoms with van der Waals surface area (Å²) >= 11 is 0. The monoisotopic (exact) mass is 186 g/mol. The minimum atomic E-state index is 0.256. The molecule has 1 nitrogen and oxygen atoms in total. The largest absolute Gasteiger partial charge is 0.294 e. The Hall–Kier alpha value is -1.37. The number of carbonyl (C=O) groups excluding carboxylic acids is 1. The van der Waals surface area contributed by atoms with E-state index in [0.29, 0.717) is 12.3 Å². The summed E-state index contributed by atoms with van der Waals surface area (Å²) in [7, 11) is 0. The van der Waals surface area contributed by atoms with Crippen molar-refractivity contribution in [3.05, 3.63) is 41.0 Å². The van der Waals surface area contributed by atoms with E-state index in [1.54, 1.807) is 0 Å². The summed E-state index contributed by atoms with van der Waals surface area (Å²) < 4.78 is 0. The van der Waals surface area contributed by atoms with Gasteiger partial charge in [0, 0.05) is 12.0 Å². The molecule has 0 saturated carbocycles. The van der Waals surface area contributed by atoms with Crippen LogP contribution in [0.2, 0.25) is 0 Å². The number of hydrogen-bond acceptors (Lipinski definition) is 1. The van der Waals surface area contributed by atoms with Gasteiger partial charge in [0.25, 0.3) is 0 Å². The molecule has 0 aliphatic heterocycles. The van der Waals surface area contributed by atoms with Gasteiger partial charge in [-0.3, -0.25) is 4.79 Å². The Morgan fingerprint density at radius 1 is 1.21 bits per heavy atom. The maximum atomic E-state index is 11.8. The van der Waals surface area contributed by atoms with Crippen LogP contribution in [0.15, 0.2) is 29.8 Å². The number of carbonyl (C=O) groups is 1. The van der Waals surface area contributed by atoms with Crippen molar-refractivity contribution in [2.45, 2.75) is 20.3 Å². The number of ketones is 1. The summed E-state index contributed by atoms with van der Waals surface area (Å²) in [5, 5.41) is 0. The van der Waals surface area contributed by atoms with E-state index >= 15 is 0 Å². The third-order valence-electron chi connectivity index (χ3n) is 2.71. The summed E-state index contributed by atoms with van der Waals surface area (Å²) in [6.07, 6.45) is 2.75. The van der Waals surface area contributed by atoms with Crippen LogP contribution in [0, 0.1) is 5.92 Å². The number of hydrogen-bond donors (Lipinski definition) is 0. The van der Waals surface area contributed by atoms with Crippen molar-refractivity contribution in [3.8, 4) is 0 Å². The second-order valence-corrected chi connectivity index (χ2v) is 4.06. The average molecular weight is 186 g/mol. The minimum absolute atomic E-state index is 0.256. The van der Waals surface area contributed by atoms with E-state index in [1.807, 2.05) is 24.3 Å². The zero-order valence-electron chi connectivity index (χ0n) is 8.58. The number of fused-ring (bicyclic) bond motifs is 1. The van der Waals surface area contributed by atoms with Crippen molar-refractivity contribution in [1.82, 2.24) is 0 Å². The predicted octanol–water partition coefficient (Wildman–Crippen LogP) is 3.31. The van der Waals surface area contributed by atoms with Gasteiger partial charge in [-0.2, -0.15) is 0 Å². The van der Waals surface area contributed by atoms with Crippen molar-refractivity contribution in [2.24, 2.45) is 5.92 Å². The van der Waals surface area contributed by atoms with Crippen LogP contribution in [0.1, 0.15) is 36.2 Å². The zero-order valence-corrected chi connectivity index (χ0v) is 8.58. The third-order valence-corrected chi connectivity index (χ3v) is 2.71. The Kier molecular flexibility index (Phi) is 2.24. The molecule has 0 radical (unpaired) electrons. The molecule has 0 aromatic heterocycles. The number of rotatable bonds is 1. The van der Waals surface area contributed by atoms with Gasteiger partial charge >= 0.3 is 0 Å². The van der Waals surface area contributed by atoms with Crippen molar-refractivity contribution in [1.29, 1.82) is 0 Å². The molecule has 0 N–H and O–H groups in total. The van der Waals surface area contributed by atoms with Crippen LogP contribution in [0.5, 0.6) is 0 Å². The third kappa shape index (κ3) is 1.50. The first-order chi connectivity index (χ1) is 6.68. The molecule has 0 unspecified atom stereocenters. The summed E-state index contributed by atoms with van der Waals surface area (Å²) in [6.45, 7) is 4.26. The molecule has 0 bridgehead atoms. The van der Waals surface area contributed by atoms with Gasteiger partial charge < -0.3 is 0 Å². The first kappa shape index (κ1) is 9.20. The summed E-state index contributed by atoms with van der Waals surface area (Å²) in [5.41, 5.74) is 3.19. The van der Waals surface area contributed by atoms with Crippen LogP contribution in [-0.4, -0.2) is 5.78 Å². The molecule has 0 amide bonds. The fourth-order valence-electron chi connectivity index (χ4n) is 1.78. The molecule has 1 aliphatic carbocycles. The van der Waals surface area contributed by atoms with Gasteiger partial charge in [-0.1, -0.05) is 49.8 Å². The van der Waals surface area contributed by atoms with Gasteiger partial charge in [-0.15, -0.1) is 0 Å². The molecule has 1 aromatic rings. The van der Waals surface area contributed by atoms with Gasteiger partial charge in [0.1, 0.15) is 0 Å². The molecule has 0 saturated heterocycles. The van der Waals surface area contributed by atoms with E-state index in [1.165, 1.54) is 5.57 Å². The zero-order chi connectivity index (χ0) is 10.1. The first-order valence-electron chi connectivity index (χ1n) is 5.01. The van der Waals surface area contributed by atoms with Crippen molar-refractivity contribution < 1.29 is 4.79 Å². The Labute approximate surface area is 84.5 Å². The lowest BCUT2D eigenvalue weighted by atomic mass is 9.86. The Bertz CT molecular complexity index is 399. The van der Waals surface area contributed by atoms with E-state index in [9.17, 15) is 4.79 Å². The maximum Gasteiger partial charge on any atom is 0.167 e. The lowest BCUT2D eigenvalue weighted by Crippen LogP contribution is -2.10. The highest BCUT2D eigenvalue weighted by Gasteiger charge is 2.18. The van der Waals surface area contributed by atoms with Gasteiger partial charge in [0.15, 0.2) is 5.78 Å². The van der Waals surface area contributed by atoms with Gasteiger partial charge in [-0.05, 0) is 11.5 Å². The maximum absolute atomic E-state index is 11.8. The van der Waals surface area contributed by atoms with Crippen LogP contribution < -0.4 is 0 Å². The predicted molar refractivity (Wildman–Crippen MR) is 58.2 cm³/mol. The minimum Gasteiger partial charge on any atom is -0.294 e. The van der Waals surface area contributed by atoms with Gasteiger partial charge in [0.2, 0.25) is 0 Å². The highest BCUT2D eigenvalue weighted by molar-refractivity contribution is 6.03. The summed E-state index contributed by atoms with van der Waals surface area (Å²) in [4.78, 5) is 11.8. The summed E-state index contributed by atoms with van der Waals surface area (Å²) in [6, 6.07) is 7.82. The van der Waals surface area contributed by atoms with Crippen LogP contribution in [-0.2, 0) is 0 Å². The molecule has 0 heterocycles. The number of allylic oxidation sites excluding steroid dienone is 1. The second kappa shape index (κ2) is 3.41. The van der Waals surface area contributed by atoms with E-state index in [2.05, 4.69) is 19.9 Å².